The molecule has 2 nitrogen and oxygen atoms in total. The van der Waals surface area contributed by atoms with E-state index in [0.29, 0.717) is 0 Å². The first-order valence-corrected chi connectivity index (χ1v) is 13.8. The van der Waals surface area contributed by atoms with E-state index >= 15 is 0 Å². The van der Waals surface area contributed by atoms with Crippen LogP contribution in [0.25, 0.3) is 11.3 Å². The predicted octanol–water partition coefficient (Wildman–Crippen LogP) is 2.74. The Balaban J connectivity index is 2.49. The molecule has 100 valence electrons. The summed E-state index contributed by atoms with van der Waals surface area (Å²) in [6, 6.07) is 7.78. The van der Waals surface area contributed by atoms with Crippen LogP contribution in [0.5, 0.6) is 0 Å². The predicted molar refractivity (Wildman–Crippen MR) is 83.3 cm³/mol. The number of pyridine rings is 2. The van der Waals surface area contributed by atoms with E-state index in [1.807, 2.05) is 20.0 Å². The fraction of sp³-hybridized carbons (Fsp3) is 0.375. The van der Waals surface area contributed by atoms with E-state index in [-0.39, 0.29) is 5.69 Å². The van der Waals surface area contributed by atoms with Gasteiger partial charge in [-0.3, -0.25) is 0 Å². The summed E-state index contributed by atoms with van der Waals surface area (Å²) in [6.07, 6.45) is 2.20. The van der Waals surface area contributed by atoms with Gasteiger partial charge < -0.3 is 0 Å². The Kier molecular flexibility index (Phi) is 2.84. The summed E-state index contributed by atoms with van der Waals surface area (Å²) < 4.78 is 25.9. The van der Waals surface area contributed by atoms with E-state index in [4.69, 9.17) is 4.11 Å². The molecule has 2 rings (SSSR count). The molecule has 0 spiro atoms. The second kappa shape index (κ2) is 5.08. The molecule has 0 saturated carbocycles. The fourth-order valence-electron chi connectivity index (χ4n) is 2.16. The number of aryl methyl sites for hydroxylation is 3. The van der Waals surface area contributed by atoms with Gasteiger partial charge in [-0.05, 0) is 0 Å². The summed E-state index contributed by atoms with van der Waals surface area (Å²) in [5.74, 6) is 7.10. The number of nitrogens with zero attached hydrogens (tertiary/aromatic N) is 2. The van der Waals surface area contributed by atoms with Crippen LogP contribution >= 0.6 is 0 Å². The quantitative estimate of drug-likeness (QED) is 0.614. The Hall–Kier alpha value is -1.16. The van der Waals surface area contributed by atoms with Gasteiger partial charge in [0, 0.05) is 0 Å². The van der Waals surface area contributed by atoms with Gasteiger partial charge in [0.15, 0.2) is 0 Å². The van der Waals surface area contributed by atoms with E-state index < -0.39 is 20.1 Å². The van der Waals surface area contributed by atoms with Gasteiger partial charge >= 0.3 is 123 Å². The molecule has 0 radical (unpaired) electrons. The van der Waals surface area contributed by atoms with Gasteiger partial charge in [-0.1, -0.05) is 0 Å². The van der Waals surface area contributed by atoms with Crippen molar-refractivity contribution >= 4 is 17.7 Å². The average Bonchev–Trinajstić information content (AvgIpc) is 2.37. The van der Waals surface area contributed by atoms with Crippen LogP contribution in [0.1, 0.15) is 15.5 Å². The van der Waals surface area contributed by atoms with E-state index in [0.717, 1.165) is 17.0 Å². The molecule has 0 atom stereocenters. The van der Waals surface area contributed by atoms with E-state index in [1.54, 1.807) is 6.07 Å². The molecule has 0 aliphatic heterocycles. The zero-order valence-electron chi connectivity index (χ0n) is 15.3. The normalized spacial score (nSPS) is 14.7. The molecule has 0 bridgehead atoms. The fourth-order valence-corrected chi connectivity index (χ4v) is 4.61. The van der Waals surface area contributed by atoms with Crippen molar-refractivity contribution in [3.8, 4) is 11.3 Å². The van der Waals surface area contributed by atoms with Gasteiger partial charge in [0.25, 0.3) is 0 Å². The van der Waals surface area contributed by atoms with Gasteiger partial charge in [-0.2, -0.15) is 0 Å². The van der Waals surface area contributed by atoms with Crippen LogP contribution in [-0.2, 0) is 7.05 Å². The molecule has 2 aromatic heterocycles. The molecular weight excluding hydrogens is 293 g/mol. The third kappa shape index (κ3) is 3.06. The first-order valence-electron chi connectivity index (χ1n) is 7.99. The number of hydrogen-bond donors (Lipinski definition) is 0. The minimum absolute atomic E-state index is 0.151. The topological polar surface area (TPSA) is 16.8 Å². The molecule has 19 heavy (non-hydrogen) atoms. The molecular formula is C16H23GeN2+. The molecule has 0 N–H and O–H groups in total. The average molecular weight is 319 g/mol. The maximum absolute atomic E-state index is 7.46. The molecule has 2 aromatic rings. The molecule has 0 aliphatic rings. The van der Waals surface area contributed by atoms with Crippen molar-refractivity contribution in [1.82, 2.24) is 4.98 Å². The Morgan fingerprint density at radius 3 is 2.42 bits per heavy atom. The Labute approximate surface area is 123 Å². The minimum atomic E-state index is -2.16. The van der Waals surface area contributed by atoms with Crippen molar-refractivity contribution in [3.05, 3.63) is 41.9 Å². The number of rotatable bonds is 2. The monoisotopic (exact) mass is 320 g/mol. The molecule has 0 fully saturated rings. The van der Waals surface area contributed by atoms with Crippen molar-refractivity contribution < 1.29 is 8.68 Å². The zero-order valence-corrected chi connectivity index (χ0v) is 14.4. The van der Waals surface area contributed by atoms with Crippen molar-refractivity contribution in [2.75, 3.05) is 0 Å². The summed E-state index contributed by atoms with van der Waals surface area (Å²) in [5, 5.41) is 0. The van der Waals surface area contributed by atoms with Crippen LogP contribution in [0.3, 0.4) is 0 Å². The molecule has 0 aliphatic carbocycles. The van der Waals surface area contributed by atoms with Gasteiger partial charge in [-0.15, -0.1) is 0 Å². The molecule has 3 heteroatoms. The van der Waals surface area contributed by atoms with Gasteiger partial charge in [0.1, 0.15) is 0 Å². The summed E-state index contributed by atoms with van der Waals surface area (Å²) in [4.78, 5) is 4.27. The van der Waals surface area contributed by atoms with Crippen LogP contribution in [-0.4, -0.2) is 18.3 Å². The van der Waals surface area contributed by atoms with E-state index in [2.05, 4.69) is 45.1 Å². The standard InChI is InChI=1S/C16H23GeN2/c1-12-7-9-15(13(2)18-12)16-10-8-14(11-19(16)6)17(3,4)5/h7-11H,1-6H3/q+1/i1D3. The van der Waals surface area contributed by atoms with Crippen LogP contribution in [0.2, 0.25) is 17.3 Å². The van der Waals surface area contributed by atoms with Crippen LogP contribution in [0.15, 0.2) is 30.5 Å². The van der Waals surface area contributed by atoms with Gasteiger partial charge in [0.2, 0.25) is 0 Å². The third-order valence-corrected chi connectivity index (χ3v) is 7.62. The second-order valence-corrected chi connectivity index (χ2v) is 16.6. The third-order valence-electron chi connectivity index (χ3n) is 3.36. The van der Waals surface area contributed by atoms with Gasteiger partial charge in [-0.25, -0.2) is 0 Å². The molecule has 0 aromatic carbocycles. The SMILES string of the molecule is [2H]C([2H])([2H])c1ccc(-c2cc[c]([Ge]([CH3])([CH3])[CH3])c[n+]2C)c(C)n1. The Morgan fingerprint density at radius 2 is 1.89 bits per heavy atom. The van der Waals surface area contributed by atoms with Crippen molar-refractivity contribution in [1.29, 1.82) is 0 Å². The van der Waals surface area contributed by atoms with Crippen LogP contribution < -0.4 is 8.96 Å². The molecule has 0 saturated heterocycles. The van der Waals surface area contributed by atoms with Crippen LogP contribution in [0, 0.1) is 13.8 Å². The van der Waals surface area contributed by atoms with Gasteiger partial charge in [0.05, 0.1) is 0 Å². The first-order chi connectivity index (χ1) is 10.00. The maximum atomic E-state index is 7.46. The number of aromatic nitrogens is 2. The Bertz CT molecular complexity index is 642. The number of hydrogen-bond acceptors (Lipinski definition) is 1. The summed E-state index contributed by atoms with van der Waals surface area (Å²) in [7, 11) is 2.03. The Morgan fingerprint density at radius 1 is 1.16 bits per heavy atom. The second-order valence-electron chi connectivity index (χ2n) is 5.99. The molecule has 2 heterocycles. The zero-order chi connectivity index (χ0) is 16.7. The summed E-state index contributed by atoms with van der Waals surface area (Å²) in [6.45, 7) is -0.296. The first kappa shape index (κ1) is 10.6. The van der Waals surface area contributed by atoms with E-state index in [9.17, 15) is 0 Å². The van der Waals surface area contributed by atoms with Crippen molar-refractivity contribution in [2.45, 2.75) is 31.0 Å². The summed E-state index contributed by atoms with van der Waals surface area (Å²) in [5.41, 5.74) is 2.92. The molecule has 0 amide bonds. The van der Waals surface area contributed by atoms with Crippen molar-refractivity contribution in [2.24, 2.45) is 7.05 Å². The van der Waals surface area contributed by atoms with Crippen LogP contribution in [0.4, 0.5) is 0 Å². The van der Waals surface area contributed by atoms with E-state index in [1.165, 1.54) is 4.40 Å². The summed E-state index contributed by atoms with van der Waals surface area (Å²) >= 11 is -1.85. The van der Waals surface area contributed by atoms with Crippen molar-refractivity contribution in [3.63, 3.8) is 0 Å². The molecule has 0 unspecified atom stereocenters.